The first kappa shape index (κ1) is 18.6. The molecular formula is C13H20Cl2N2OS. The monoisotopic (exact) mass is 322 g/mol. The summed E-state index contributed by atoms with van der Waals surface area (Å²) >= 11 is 7.82. The molecule has 0 spiro atoms. The van der Waals surface area contributed by atoms with Crippen LogP contribution in [0.25, 0.3) is 0 Å². The third-order valence-electron chi connectivity index (χ3n) is 2.20. The van der Waals surface area contributed by atoms with Crippen LogP contribution in [0, 0.1) is 0 Å². The Labute approximate surface area is 130 Å². The van der Waals surface area contributed by atoms with Crippen molar-refractivity contribution in [3.8, 4) is 0 Å². The number of carbonyl (C=O) groups excluding carboxylic acids is 1. The second kappa shape index (κ2) is 9.48. The molecule has 0 saturated heterocycles. The number of rotatable bonds is 6. The van der Waals surface area contributed by atoms with Crippen molar-refractivity contribution >= 4 is 47.4 Å². The van der Waals surface area contributed by atoms with Crippen LogP contribution in [0.1, 0.15) is 26.7 Å². The molecule has 3 nitrogen and oxygen atoms in total. The van der Waals surface area contributed by atoms with Gasteiger partial charge in [0.1, 0.15) is 0 Å². The van der Waals surface area contributed by atoms with Gasteiger partial charge in [-0.25, -0.2) is 0 Å². The number of nitrogens with two attached hydrogens (primary N) is 1. The van der Waals surface area contributed by atoms with Crippen molar-refractivity contribution in [2.75, 3.05) is 11.9 Å². The lowest BCUT2D eigenvalue weighted by Crippen LogP contribution is -2.14. The molecule has 1 rings (SSSR count). The van der Waals surface area contributed by atoms with Crippen LogP contribution in [0.3, 0.4) is 0 Å². The number of anilines is 1. The van der Waals surface area contributed by atoms with Crippen LogP contribution in [-0.4, -0.2) is 17.7 Å². The first-order valence-electron chi connectivity index (χ1n) is 5.99. The summed E-state index contributed by atoms with van der Waals surface area (Å²) in [5.74, 6) is -0.0201. The summed E-state index contributed by atoms with van der Waals surface area (Å²) in [7, 11) is 0. The Morgan fingerprint density at radius 1 is 1.47 bits per heavy atom. The molecule has 6 heteroatoms. The predicted octanol–water partition coefficient (Wildman–Crippen LogP) is 3.94. The zero-order chi connectivity index (χ0) is 13.5. The third-order valence-corrected chi connectivity index (χ3v) is 3.78. The molecule has 0 atom stereocenters. The Bertz CT molecular complexity index is 414. The zero-order valence-corrected chi connectivity index (χ0v) is 13.5. The molecule has 0 aromatic heterocycles. The minimum absolute atomic E-state index is 0. The van der Waals surface area contributed by atoms with Crippen LogP contribution < -0.4 is 11.1 Å². The quantitative estimate of drug-likeness (QED) is 0.780. The molecular weight excluding hydrogens is 303 g/mol. The summed E-state index contributed by atoms with van der Waals surface area (Å²) in [6, 6.07) is 5.55. The maximum Gasteiger partial charge on any atom is 0.224 e. The minimum Gasteiger partial charge on any atom is -0.330 e. The molecule has 0 bridgehead atoms. The zero-order valence-electron chi connectivity index (χ0n) is 11.1. The maximum atomic E-state index is 11.7. The van der Waals surface area contributed by atoms with E-state index < -0.39 is 0 Å². The van der Waals surface area contributed by atoms with Gasteiger partial charge in [0.05, 0.1) is 10.7 Å². The highest BCUT2D eigenvalue weighted by Gasteiger charge is 2.11. The fourth-order valence-corrected chi connectivity index (χ4v) is 2.64. The molecule has 0 radical (unpaired) electrons. The van der Waals surface area contributed by atoms with Gasteiger partial charge in [-0.3, -0.25) is 4.79 Å². The molecule has 0 fully saturated rings. The van der Waals surface area contributed by atoms with Crippen LogP contribution in [0.15, 0.2) is 23.1 Å². The highest BCUT2D eigenvalue weighted by Crippen LogP contribution is 2.36. The van der Waals surface area contributed by atoms with Gasteiger partial charge in [-0.05, 0) is 25.1 Å². The van der Waals surface area contributed by atoms with E-state index in [2.05, 4.69) is 19.2 Å². The van der Waals surface area contributed by atoms with E-state index in [4.69, 9.17) is 17.3 Å². The van der Waals surface area contributed by atoms with Gasteiger partial charge in [-0.15, -0.1) is 24.2 Å². The Kier molecular flexibility index (Phi) is 9.27. The van der Waals surface area contributed by atoms with Gasteiger partial charge < -0.3 is 11.1 Å². The number of amides is 1. The van der Waals surface area contributed by atoms with Crippen molar-refractivity contribution in [3.63, 3.8) is 0 Å². The highest BCUT2D eigenvalue weighted by molar-refractivity contribution is 8.00. The second-order valence-corrected chi connectivity index (χ2v) is 6.22. The lowest BCUT2D eigenvalue weighted by Gasteiger charge is -2.14. The van der Waals surface area contributed by atoms with Crippen LogP contribution in [-0.2, 0) is 4.79 Å². The van der Waals surface area contributed by atoms with Crippen molar-refractivity contribution in [1.29, 1.82) is 0 Å². The number of thioether (sulfide) groups is 1. The summed E-state index contributed by atoms with van der Waals surface area (Å²) in [4.78, 5) is 12.6. The molecule has 0 aliphatic rings. The topological polar surface area (TPSA) is 55.1 Å². The van der Waals surface area contributed by atoms with E-state index in [0.717, 1.165) is 10.6 Å². The van der Waals surface area contributed by atoms with E-state index in [1.54, 1.807) is 11.8 Å². The number of hydrogen-bond donors (Lipinski definition) is 2. The standard InChI is InChI=1S/C13H19ClN2OS.ClH/c1-9(2)18-13-10(14)5-3-6-11(13)16-12(17)7-4-8-15;/h3,5-6,9H,4,7-8,15H2,1-2H3,(H,16,17);1H. The molecule has 3 N–H and O–H groups in total. The predicted molar refractivity (Wildman–Crippen MR) is 86.6 cm³/mol. The van der Waals surface area contributed by atoms with E-state index in [-0.39, 0.29) is 18.3 Å². The van der Waals surface area contributed by atoms with Crippen molar-refractivity contribution < 1.29 is 4.79 Å². The number of benzene rings is 1. The van der Waals surface area contributed by atoms with Crippen LogP contribution in [0.2, 0.25) is 5.02 Å². The minimum atomic E-state index is -0.0201. The van der Waals surface area contributed by atoms with Crippen molar-refractivity contribution in [1.82, 2.24) is 0 Å². The van der Waals surface area contributed by atoms with E-state index in [9.17, 15) is 4.79 Å². The molecule has 0 heterocycles. The number of halogens is 2. The van der Waals surface area contributed by atoms with Crippen LogP contribution in [0.5, 0.6) is 0 Å². The van der Waals surface area contributed by atoms with Gasteiger partial charge in [0.2, 0.25) is 5.91 Å². The number of carbonyl (C=O) groups is 1. The molecule has 19 heavy (non-hydrogen) atoms. The Balaban J connectivity index is 0.00000324. The molecule has 108 valence electrons. The van der Waals surface area contributed by atoms with Gasteiger partial charge in [0.25, 0.3) is 0 Å². The lowest BCUT2D eigenvalue weighted by atomic mass is 10.2. The summed E-state index contributed by atoms with van der Waals surface area (Å²) in [5, 5.41) is 3.97. The molecule has 1 aromatic carbocycles. The van der Waals surface area contributed by atoms with E-state index >= 15 is 0 Å². The Morgan fingerprint density at radius 3 is 2.74 bits per heavy atom. The van der Waals surface area contributed by atoms with Crippen LogP contribution in [0.4, 0.5) is 5.69 Å². The maximum absolute atomic E-state index is 11.7. The highest BCUT2D eigenvalue weighted by atomic mass is 35.5. The normalized spacial score (nSPS) is 10.2. The second-order valence-electron chi connectivity index (χ2n) is 4.22. The fraction of sp³-hybridized carbons (Fsp3) is 0.462. The van der Waals surface area contributed by atoms with E-state index in [1.165, 1.54) is 0 Å². The van der Waals surface area contributed by atoms with Crippen LogP contribution >= 0.6 is 35.8 Å². The summed E-state index contributed by atoms with van der Waals surface area (Å²) in [6.45, 7) is 4.71. The molecule has 0 unspecified atom stereocenters. The Morgan fingerprint density at radius 2 is 2.16 bits per heavy atom. The van der Waals surface area contributed by atoms with Crippen molar-refractivity contribution in [2.45, 2.75) is 36.8 Å². The van der Waals surface area contributed by atoms with Gasteiger partial charge in [-0.2, -0.15) is 0 Å². The molecule has 1 aromatic rings. The molecule has 0 aliphatic heterocycles. The van der Waals surface area contributed by atoms with E-state index in [0.29, 0.717) is 29.7 Å². The van der Waals surface area contributed by atoms with Gasteiger partial charge in [-0.1, -0.05) is 31.5 Å². The summed E-state index contributed by atoms with van der Waals surface area (Å²) in [5.41, 5.74) is 6.17. The smallest absolute Gasteiger partial charge is 0.224 e. The van der Waals surface area contributed by atoms with Gasteiger partial charge >= 0.3 is 0 Å². The average molecular weight is 323 g/mol. The summed E-state index contributed by atoms with van der Waals surface area (Å²) in [6.07, 6.45) is 1.13. The molecule has 0 aliphatic carbocycles. The number of hydrogen-bond acceptors (Lipinski definition) is 3. The first-order chi connectivity index (χ1) is 8.54. The SMILES string of the molecule is CC(C)Sc1c(Cl)cccc1NC(=O)CCCN.Cl. The lowest BCUT2D eigenvalue weighted by molar-refractivity contribution is -0.116. The van der Waals surface area contributed by atoms with Gasteiger partial charge in [0.15, 0.2) is 0 Å². The van der Waals surface area contributed by atoms with Gasteiger partial charge in [0, 0.05) is 16.6 Å². The molecule has 0 saturated carbocycles. The largest absolute Gasteiger partial charge is 0.330 e. The van der Waals surface area contributed by atoms with E-state index in [1.807, 2.05) is 18.2 Å². The Hall–Kier alpha value is -0.420. The van der Waals surface area contributed by atoms with Crippen molar-refractivity contribution in [3.05, 3.63) is 23.2 Å². The third kappa shape index (κ3) is 6.52. The van der Waals surface area contributed by atoms with Crippen molar-refractivity contribution in [2.24, 2.45) is 5.73 Å². The first-order valence-corrected chi connectivity index (χ1v) is 7.25. The fourth-order valence-electron chi connectivity index (χ4n) is 1.44. The molecule has 1 amide bonds. The summed E-state index contributed by atoms with van der Waals surface area (Å²) < 4.78 is 0. The number of nitrogens with one attached hydrogen (secondary N) is 1. The average Bonchev–Trinajstić information content (AvgIpc) is 2.30.